The number of amides is 1. The Labute approximate surface area is 160 Å². The van der Waals surface area contributed by atoms with Gasteiger partial charge in [0.15, 0.2) is 0 Å². The second-order valence-electron chi connectivity index (χ2n) is 8.13. The molecular formula is C23H27N3O. The van der Waals surface area contributed by atoms with E-state index in [0.717, 1.165) is 48.3 Å². The summed E-state index contributed by atoms with van der Waals surface area (Å²) >= 11 is 0. The molecule has 1 saturated heterocycles. The van der Waals surface area contributed by atoms with Gasteiger partial charge in [-0.25, -0.2) is 0 Å². The minimum absolute atomic E-state index is 0.00858. The van der Waals surface area contributed by atoms with Gasteiger partial charge in [-0.1, -0.05) is 6.07 Å². The van der Waals surface area contributed by atoms with Gasteiger partial charge in [0.1, 0.15) is 0 Å². The van der Waals surface area contributed by atoms with E-state index >= 15 is 0 Å². The molecule has 4 heteroatoms. The molecule has 2 aliphatic heterocycles. The topological polar surface area (TPSA) is 48.1 Å². The molecule has 2 aromatic rings. The summed E-state index contributed by atoms with van der Waals surface area (Å²) in [6.45, 7) is 3.57. The van der Waals surface area contributed by atoms with E-state index in [1.165, 1.54) is 55.6 Å². The first-order valence-electron chi connectivity index (χ1n) is 10.4. The number of aromatic nitrogens is 1. The summed E-state index contributed by atoms with van der Waals surface area (Å²) in [5.74, 6) is 0.00858. The largest absolute Gasteiger partial charge is 0.359 e. The molecule has 2 N–H and O–H groups in total. The minimum Gasteiger partial charge on any atom is -0.359 e. The summed E-state index contributed by atoms with van der Waals surface area (Å²) in [7, 11) is 0. The zero-order chi connectivity index (χ0) is 18.2. The fourth-order valence-corrected chi connectivity index (χ4v) is 4.69. The Hall–Kier alpha value is -2.33. The number of likely N-dealkylation sites (tertiary alicyclic amines) is 1. The van der Waals surface area contributed by atoms with Crippen molar-refractivity contribution in [2.75, 3.05) is 25.0 Å². The molecule has 0 atom stereocenters. The van der Waals surface area contributed by atoms with Gasteiger partial charge in [-0.3, -0.25) is 4.79 Å². The number of anilines is 1. The Morgan fingerprint density at radius 2 is 1.89 bits per heavy atom. The Morgan fingerprint density at radius 1 is 1.04 bits per heavy atom. The van der Waals surface area contributed by atoms with Gasteiger partial charge < -0.3 is 15.2 Å². The first-order chi connectivity index (χ1) is 13.3. The highest BCUT2D eigenvalue weighted by molar-refractivity contribution is 6.34. The quantitative estimate of drug-likeness (QED) is 0.808. The summed E-state index contributed by atoms with van der Waals surface area (Å²) in [5, 5.41) is 3.02. The van der Waals surface area contributed by atoms with Crippen molar-refractivity contribution in [2.45, 2.75) is 44.9 Å². The Morgan fingerprint density at radius 3 is 2.74 bits per heavy atom. The standard InChI is InChI=1S/C23H27N3O/c27-23-20(15-18-14-17-5-1-2-6-21(17)24-18)19-13-16(7-8-22(19)25-23)9-12-26-10-3-4-11-26/h7-8,13-15,24H,1-6,9-12H2,(H,25,27). The molecule has 1 aromatic carbocycles. The maximum absolute atomic E-state index is 12.6. The molecule has 0 radical (unpaired) electrons. The monoisotopic (exact) mass is 361 g/mol. The number of nitrogens with one attached hydrogen (secondary N) is 2. The Bertz CT molecular complexity index is 879. The van der Waals surface area contributed by atoms with Crippen molar-refractivity contribution in [1.82, 2.24) is 9.88 Å². The number of benzene rings is 1. The SMILES string of the molecule is O=C1Nc2ccc(CCN3CCCC3)cc2C1=Cc1cc2c([nH]1)CCCC2. The van der Waals surface area contributed by atoms with E-state index in [0.29, 0.717) is 0 Å². The van der Waals surface area contributed by atoms with Crippen molar-refractivity contribution in [3.63, 3.8) is 0 Å². The smallest absolute Gasteiger partial charge is 0.256 e. The molecule has 1 aromatic heterocycles. The number of aryl methyl sites for hydroxylation is 2. The second-order valence-corrected chi connectivity index (χ2v) is 8.13. The number of carbonyl (C=O) groups excluding carboxylic acids is 1. The van der Waals surface area contributed by atoms with Gasteiger partial charge >= 0.3 is 0 Å². The van der Waals surface area contributed by atoms with Gasteiger partial charge in [0.2, 0.25) is 0 Å². The zero-order valence-corrected chi connectivity index (χ0v) is 15.8. The number of carbonyl (C=O) groups is 1. The van der Waals surface area contributed by atoms with E-state index in [-0.39, 0.29) is 5.91 Å². The van der Waals surface area contributed by atoms with E-state index in [9.17, 15) is 4.79 Å². The molecule has 5 rings (SSSR count). The third kappa shape index (κ3) is 3.34. The van der Waals surface area contributed by atoms with E-state index in [2.05, 4.69) is 39.5 Å². The van der Waals surface area contributed by atoms with Gasteiger partial charge in [0.25, 0.3) is 5.91 Å². The molecule has 140 valence electrons. The van der Waals surface area contributed by atoms with Gasteiger partial charge in [0, 0.05) is 29.2 Å². The molecule has 3 aliphatic rings. The third-order valence-corrected chi connectivity index (χ3v) is 6.22. The van der Waals surface area contributed by atoms with E-state index in [1.54, 1.807) is 0 Å². The summed E-state index contributed by atoms with van der Waals surface area (Å²) in [6.07, 6.45) is 10.5. The maximum atomic E-state index is 12.6. The molecule has 1 fully saturated rings. The lowest BCUT2D eigenvalue weighted by atomic mass is 9.98. The number of rotatable bonds is 4. The Kier molecular flexibility index (Phi) is 4.36. The summed E-state index contributed by atoms with van der Waals surface area (Å²) < 4.78 is 0. The number of H-pyrrole nitrogens is 1. The van der Waals surface area contributed by atoms with Crippen LogP contribution in [-0.2, 0) is 24.1 Å². The van der Waals surface area contributed by atoms with Crippen LogP contribution >= 0.6 is 0 Å². The first kappa shape index (κ1) is 16.8. The number of aromatic amines is 1. The predicted molar refractivity (Wildman–Crippen MR) is 110 cm³/mol. The lowest BCUT2D eigenvalue weighted by Crippen LogP contribution is -2.21. The van der Waals surface area contributed by atoms with Crippen LogP contribution in [0.5, 0.6) is 0 Å². The lowest BCUT2D eigenvalue weighted by Gasteiger charge is -2.14. The number of fused-ring (bicyclic) bond motifs is 2. The Balaban J connectivity index is 1.40. The molecule has 1 amide bonds. The molecule has 4 nitrogen and oxygen atoms in total. The van der Waals surface area contributed by atoms with Crippen LogP contribution in [0.2, 0.25) is 0 Å². The highest BCUT2D eigenvalue weighted by atomic mass is 16.2. The van der Waals surface area contributed by atoms with E-state index in [4.69, 9.17) is 0 Å². The maximum Gasteiger partial charge on any atom is 0.256 e. The van der Waals surface area contributed by atoms with Crippen LogP contribution in [0.25, 0.3) is 11.6 Å². The normalized spacial score (nSPS) is 20.7. The van der Waals surface area contributed by atoms with Crippen molar-refractivity contribution in [3.05, 3.63) is 52.3 Å². The van der Waals surface area contributed by atoms with Crippen molar-refractivity contribution in [3.8, 4) is 0 Å². The molecule has 0 bridgehead atoms. The van der Waals surface area contributed by atoms with Crippen LogP contribution in [0, 0.1) is 0 Å². The molecule has 1 aliphatic carbocycles. The van der Waals surface area contributed by atoms with Gasteiger partial charge in [0.05, 0.1) is 5.57 Å². The van der Waals surface area contributed by atoms with Gasteiger partial charge in [-0.05, 0) is 93.4 Å². The minimum atomic E-state index is 0.00858. The van der Waals surface area contributed by atoms with Crippen molar-refractivity contribution in [1.29, 1.82) is 0 Å². The van der Waals surface area contributed by atoms with Crippen molar-refractivity contribution in [2.24, 2.45) is 0 Å². The zero-order valence-electron chi connectivity index (χ0n) is 15.8. The number of nitrogens with zero attached hydrogens (tertiary/aromatic N) is 1. The predicted octanol–water partition coefficient (Wildman–Crippen LogP) is 4.02. The van der Waals surface area contributed by atoms with Gasteiger partial charge in [-0.2, -0.15) is 0 Å². The average molecular weight is 361 g/mol. The molecular weight excluding hydrogens is 334 g/mol. The number of hydrogen-bond acceptors (Lipinski definition) is 2. The summed E-state index contributed by atoms with van der Waals surface area (Å²) in [6, 6.07) is 8.65. The summed E-state index contributed by atoms with van der Waals surface area (Å²) in [4.78, 5) is 18.6. The molecule has 0 spiro atoms. The van der Waals surface area contributed by atoms with Crippen LogP contribution in [-0.4, -0.2) is 35.4 Å². The molecule has 0 saturated carbocycles. The second kappa shape index (κ2) is 7.01. The van der Waals surface area contributed by atoms with Crippen LogP contribution < -0.4 is 5.32 Å². The van der Waals surface area contributed by atoms with Crippen molar-refractivity contribution < 1.29 is 4.79 Å². The molecule has 0 unspecified atom stereocenters. The summed E-state index contributed by atoms with van der Waals surface area (Å²) in [5.41, 5.74) is 7.92. The molecule has 27 heavy (non-hydrogen) atoms. The van der Waals surface area contributed by atoms with Crippen LogP contribution in [0.3, 0.4) is 0 Å². The van der Waals surface area contributed by atoms with E-state index in [1.807, 2.05) is 6.08 Å². The van der Waals surface area contributed by atoms with Crippen LogP contribution in [0.4, 0.5) is 5.69 Å². The van der Waals surface area contributed by atoms with Crippen molar-refractivity contribution >= 4 is 23.2 Å². The van der Waals surface area contributed by atoms with Crippen LogP contribution in [0.1, 0.15) is 53.8 Å². The first-order valence-corrected chi connectivity index (χ1v) is 10.4. The highest BCUT2D eigenvalue weighted by Crippen LogP contribution is 2.34. The number of hydrogen-bond donors (Lipinski definition) is 2. The van der Waals surface area contributed by atoms with E-state index < -0.39 is 0 Å². The molecule has 3 heterocycles. The van der Waals surface area contributed by atoms with Crippen LogP contribution in [0.15, 0.2) is 24.3 Å². The highest BCUT2D eigenvalue weighted by Gasteiger charge is 2.25. The fraction of sp³-hybridized carbons (Fsp3) is 0.435. The fourth-order valence-electron chi connectivity index (χ4n) is 4.69. The third-order valence-electron chi connectivity index (χ3n) is 6.22. The average Bonchev–Trinajstić information content (AvgIpc) is 3.39. The van der Waals surface area contributed by atoms with Gasteiger partial charge in [-0.15, -0.1) is 0 Å². The lowest BCUT2D eigenvalue weighted by molar-refractivity contribution is -0.110.